The highest BCUT2D eigenvalue weighted by Crippen LogP contribution is 2.24. The largest absolute Gasteiger partial charge is 0.379 e. The monoisotopic (exact) mass is 425 g/mol. The first-order valence-corrected chi connectivity index (χ1v) is 11.1. The number of ether oxygens (including phenoxy) is 1. The van der Waals surface area contributed by atoms with Gasteiger partial charge in [0.05, 0.1) is 23.0 Å². The number of benzene rings is 1. The van der Waals surface area contributed by atoms with E-state index in [0.717, 1.165) is 6.54 Å². The molecule has 2 saturated heterocycles. The van der Waals surface area contributed by atoms with Crippen molar-refractivity contribution in [1.82, 2.24) is 14.3 Å². The van der Waals surface area contributed by atoms with Crippen LogP contribution in [0.4, 0.5) is 0 Å². The summed E-state index contributed by atoms with van der Waals surface area (Å²) in [5.41, 5.74) is 0.521. The van der Waals surface area contributed by atoms with Crippen LogP contribution in [0.15, 0.2) is 28.0 Å². The summed E-state index contributed by atoms with van der Waals surface area (Å²) in [6.07, 6.45) is 0.712. The molecule has 2 N–H and O–H groups in total. The number of nitrogens with zero attached hydrogens (tertiary/aromatic N) is 1. The molecule has 2 heterocycles. The SMILES string of the molecule is Cc1ccc(S(=O)(=O)NC2CCNC2)cc1S(=O)(=O)N1CCOCC1.Cl. The van der Waals surface area contributed by atoms with Crippen molar-refractivity contribution in [3.05, 3.63) is 23.8 Å². The summed E-state index contributed by atoms with van der Waals surface area (Å²) >= 11 is 0. The lowest BCUT2D eigenvalue weighted by molar-refractivity contribution is 0.0730. The Morgan fingerprint density at radius 2 is 1.88 bits per heavy atom. The first-order chi connectivity index (χ1) is 11.8. The molecule has 2 aliphatic heterocycles. The van der Waals surface area contributed by atoms with Gasteiger partial charge in [0.15, 0.2) is 0 Å². The molecule has 1 atom stereocenters. The third-order valence-electron chi connectivity index (χ3n) is 4.44. The van der Waals surface area contributed by atoms with E-state index in [9.17, 15) is 16.8 Å². The molecule has 2 aliphatic rings. The number of aryl methyl sites for hydroxylation is 1. The Kier molecular flexibility index (Phi) is 7.05. The molecule has 0 bridgehead atoms. The van der Waals surface area contributed by atoms with Crippen molar-refractivity contribution in [3.8, 4) is 0 Å². The molecular formula is C15H24ClN3O5S2. The molecule has 2 fully saturated rings. The van der Waals surface area contributed by atoms with Gasteiger partial charge in [-0.05, 0) is 37.6 Å². The third-order valence-corrected chi connectivity index (χ3v) is 8.00. The lowest BCUT2D eigenvalue weighted by Crippen LogP contribution is -2.41. The van der Waals surface area contributed by atoms with E-state index in [-0.39, 0.29) is 41.3 Å². The number of halogens is 1. The van der Waals surface area contributed by atoms with Gasteiger partial charge in [-0.3, -0.25) is 0 Å². The molecule has 3 rings (SSSR count). The molecule has 1 aromatic rings. The zero-order valence-corrected chi connectivity index (χ0v) is 16.9. The minimum atomic E-state index is -3.77. The molecule has 0 radical (unpaired) electrons. The minimum absolute atomic E-state index is 0. The number of rotatable bonds is 5. The summed E-state index contributed by atoms with van der Waals surface area (Å²) < 4.78 is 60.1. The van der Waals surface area contributed by atoms with E-state index < -0.39 is 20.0 Å². The van der Waals surface area contributed by atoms with E-state index in [4.69, 9.17) is 4.74 Å². The lowest BCUT2D eigenvalue weighted by atomic mass is 10.2. The molecule has 0 spiro atoms. The predicted molar refractivity (Wildman–Crippen MR) is 99.6 cm³/mol. The van der Waals surface area contributed by atoms with Crippen LogP contribution >= 0.6 is 12.4 Å². The van der Waals surface area contributed by atoms with Gasteiger partial charge in [-0.2, -0.15) is 4.31 Å². The second-order valence-electron chi connectivity index (χ2n) is 6.25. The average Bonchev–Trinajstić information content (AvgIpc) is 3.08. The second kappa shape index (κ2) is 8.51. The van der Waals surface area contributed by atoms with Crippen LogP contribution in [0.5, 0.6) is 0 Å². The van der Waals surface area contributed by atoms with Crippen molar-refractivity contribution in [2.45, 2.75) is 29.2 Å². The van der Waals surface area contributed by atoms with Crippen LogP contribution < -0.4 is 10.0 Å². The third kappa shape index (κ3) is 4.56. The fraction of sp³-hybridized carbons (Fsp3) is 0.600. The second-order valence-corrected chi connectivity index (χ2v) is 9.88. The van der Waals surface area contributed by atoms with Crippen molar-refractivity contribution < 1.29 is 21.6 Å². The van der Waals surface area contributed by atoms with Crippen molar-refractivity contribution >= 4 is 32.5 Å². The predicted octanol–water partition coefficient (Wildman–Crippen LogP) is 0.0779. The molecular weight excluding hydrogens is 402 g/mol. The maximum absolute atomic E-state index is 12.9. The Morgan fingerprint density at radius 1 is 1.19 bits per heavy atom. The Balaban J connectivity index is 0.00000243. The van der Waals surface area contributed by atoms with Crippen LogP contribution in [0.3, 0.4) is 0 Å². The number of nitrogens with one attached hydrogen (secondary N) is 2. The summed E-state index contributed by atoms with van der Waals surface area (Å²) in [5.74, 6) is 0. The van der Waals surface area contributed by atoms with E-state index in [2.05, 4.69) is 10.0 Å². The topological polar surface area (TPSA) is 105 Å². The number of hydrogen-bond acceptors (Lipinski definition) is 6. The maximum Gasteiger partial charge on any atom is 0.243 e. The Bertz CT molecular complexity index is 833. The van der Waals surface area contributed by atoms with Gasteiger partial charge in [0.1, 0.15) is 0 Å². The fourth-order valence-corrected chi connectivity index (χ4v) is 6.02. The molecule has 0 aliphatic carbocycles. The zero-order valence-electron chi connectivity index (χ0n) is 14.5. The molecule has 0 aromatic heterocycles. The lowest BCUT2D eigenvalue weighted by Gasteiger charge is -2.27. The van der Waals surface area contributed by atoms with Gasteiger partial charge >= 0.3 is 0 Å². The van der Waals surface area contributed by atoms with Crippen LogP contribution in [-0.2, 0) is 24.8 Å². The molecule has 0 amide bonds. The van der Waals surface area contributed by atoms with Crippen LogP contribution in [0.2, 0.25) is 0 Å². The summed E-state index contributed by atoms with van der Waals surface area (Å²) in [5, 5.41) is 3.09. The van der Waals surface area contributed by atoms with Gasteiger partial charge in [-0.1, -0.05) is 6.07 Å². The Hall–Kier alpha value is -0.750. The molecule has 26 heavy (non-hydrogen) atoms. The Morgan fingerprint density at radius 3 is 2.50 bits per heavy atom. The van der Waals surface area contributed by atoms with Gasteiger partial charge < -0.3 is 10.1 Å². The van der Waals surface area contributed by atoms with Crippen LogP contribution in [0.1, 0.15) is 12.0 Å². The molecule has 11 heteroatoms. The number of hydrogen-bond donors (Lipinski definition) is 2. The van der Waals surface area contributed by atoms with Gasteiger partial charge in [-0.15, -0.1) is 12.4 Å². The van der Waals surface area contributed by atoms with Crippen molar-refractivity contribution in [2.75, 3.05) is 39.4 Å². The Labute approximate surface area is 160 Å². The van der Waals surface area contributed by atoms with Crippen molar-refractivity contribution in [1.29, 1.82) is 0 Å². The molecule has 8 nitrogen and oxygen atoms in total. The van der Waals surface area contributed by atoms with E-state index in [1.807, 2.05) is 0 Å². The van der Waals surface area contributed by atoms with Gasteiger partial charge in [0, 0.05) is 25.7 Å². The fourth-order valence-electron chi connectivity index (χ4n) is 2.99. The van der Waals surface area contributed by atoms with E-state index >= 15 is 0 Å². The maximum atomic E-state index is 12.9. The molecule has 1 aromatic carbocycles. The van der Waals surface area contributed by atoms with Gasteiger partial charge in [0.25, 0.3) is 0 Å². The number of morpholine rings is 1. The molecule has 0 saturated carbocycles. The van der Waals surface area contributed by atoms with Gasteiger partial charge in [-0.25, -0.2) is 21.6 Å². The molecule has 148 valence electrons. The molecule has 1 unspecified atom stereocenters. The van der Waals surface area contributed by atoms with Crippen LogP contribution in [0, 0.1) is 6.92 Å². The van der Waals surface area contributed by atoms with Crippen LogP contribution in [-0.4, -0.2) is 66.6 Å². The normalized spacial score (nSPS) is 22.1. The van der Waals surface area contributed by atoms with Gasteiger partial charge in [0.2, 0.25) is 20.0 Å². The number of sulfonamides is 2. The quantitative estimate of drug-likeness (QED) is 0.692. The first-order valence-electron chi connectivity index (χ1n) is 8.22. The van der Waals surface area contributed by atoms with Crippen molar-refractivity contribution in [2.24, 2.45) is 0 Å². The first kappa shape index (κ1) is 21.5. The van der Waals surface area contributed by atoms with Crippen LogP contribution in [0.25, 0.3) is 0 Å². The summed E-state index contributed by atoms with van der Waals surface area (Å²) in [4.78, 5) is -0.00124. The summed E-state index contributed by atoms with van der Waals surface area (Å²) in [6, 6.07) is 4.06. The van der Waals surface area contributed by atoms with Crippen molar-refractivity contribution in [3.63, 3.8) is 0 Å². The summed E-state index contributed by atoms with van der Waals surface area (Å²) in [6.45, 7) is 4.22. The smallest absolute Gasteiger partial charge is 0.243 e. The van der Waals surface area contributed by atoms with E-state index in [0.29, 0.717) is 31.7 Å². The van der Waals surface area contributed by atoms with E-state index in [1.165, 1.54) is 22.5 Å². The highest BCUT2D eigenvalue weighted by Gasteiger charge is 2.30. The average molecular weight is 426 g/mol. The highest BCUT2D eigenvalue weighted by molar-refractivity contribution is 7.90. The summed E-state index contributed by atoms with van der Waals surface area (Å²) in [7, 11) is -7.53. The van der Waals surface area contributed by atoms with E-state index in [1.54, 1.807) is 6.92 Å². The minimum Gasteiger partial charge on any atom is -0.379 e. The zero-order chi connectivity index (χ0) is 18.1. The highest BCUT2D eigenvalue weighted by atomic mass is 35.5. The standard InChI is InChI=1S/C15H23N3O5S2.ClH/c1-12-2-3-14(24(19,20)17-13-4-5-16-11-13)10-15(12)25(21,22)18-6-8-23-9-7-18;/h2-3,10,13,16-17H,4-9,11H2,1H3;1H.